The summed E-state index contributed by atoms with van der Waals surface area (Å²) in [5, 5.41) is 10.4. The quantitative estimate of drug-likeness (QED) is 0.432. The van der Waals surface area contributed by atoms with Gasteiger partial charge in [-0.2, -0.15) is 0 Å². The molecule has 0 unspecified atom stereocenters. The number of hydrogen-bond donors (Lipinski definition) is 4. The zero-order valence-corrected chi connectivity index (χ0v) is 15.8. The van der Waals surface area contributed by atoms with Crippen LogP contribution in [-0.2, 0) is 11.3 Å². The second-order valence-electron chi connectivity index (χ2n) is 6.89. The summed E-state index contributed by atoms with van der Waals surface area (Å²) in [5.74, 6) is 0.530. The third-order valence-electron chi connectivity index (χ3n) is 4.70. The molecule has 0 radical (unpaired) electrons. The lowest BCUT2D eigenvalue weighted by Crippen LogP contribution is -2.48. The lowest BCUT2D eigenvalue weighted by molar-refractivity contribution is -0.125. The fourth-order valence-corrected chi connectivity index (χ4v) is 2.93. The molecular formula is C18H30ClN5O. The van der Waals surface area contributed by atoms with Gasteiger partial charge in [-0.3, -0.25) is 15.1 Å². The molecular weight excluding hydrogens is 338 g/mol. The molecule has 2 rings (SSSR count). The lowest BCUT2D eigenvalue weighted by Gasteiger charge is -2.28. The Morgan fingerprint density at radius 1 is 1.36 bits per heavy atom. The first-order valence-corrected chi connectivity index (χ1v) is 8.59. The Balaban J connectivity index is 0.00000312. The van der Waals surface area contributed by atoms with Crippen molar-refractivity contribution in [3.8, 4) is 0 Å². The first kappa shape index (κ1) is 21.4. The number of halogens is 1. The van der Waals surface area contributed by atoms with Gasteiger partial charge in [-0.25, -0.2) is 0 Å². The van der Waals surface area contributed by atoms with Crippen LogP contribution in [0, 0.1) is 11.3 Å². The molecule has 1 aliphatic heterocycles. The molecule has 1 saturated heterocycles. The first-order chi connectivity index (χ1) is 11.4. The molecule has 1 aromatic rings. The summed E-state index contributed by atoms with van der Waals surface area (Å²) < 4.78 is 0. The standard InChI is InChI=1S/C18H29N5O.ClH/c1-12(2)15(19)11-23-9-3-4-16(23)18(24)22-10-13-5-7-14(8-6-13)17(20)21;/h5-8,12,15-16H,3-4,9-11,19H2,1-2H3,(H3,20,21)(H,22,24);1H/t15-,16-;/m0./s1. The van der Waals surface area contributed by atoms with Crippen LogP contribution in [0.25, 0.3) is 0 Å². The molecule has 25 heavy (non-hydrogen) atoms. The van der Waals surface area contributed by atoms with E-state index in [0.29, 0.717) is 18.0 Å². The number of likely N-dealkylation sites (tertiary alicyclic amines) is 1. The van der Waals surface area contributed by atoms with Crippen molar-refractivity contribution in [2.75, 3.05) is 13.1 Å². The lowest BCUT2D eigenvalue weighted by atomic mass is 10.0. The van der Waals surface area contributed by atoms with E-state index >= 15 is 0 Å². The zero-order valence-electron chi connectivity index (χ0n) is 15.0. The average Bonchev–Trinajstić information content (AvgIpc) is 3.01. The fraction of sp³-hybridized carbons (Fsp3) is 0.556. The zero-order chi connectivity index (χ0) is 17.7. The summed E-state index contributed by atoms with van der Waals surface area (Å²) in [7, 11) is 0. The fourth-order valence-electron chi connectivity index (χ4n) is 2.93. The second kappa shape index (κ2) is 9.75. The Kier molecular flexibility index (Phi) is 8.35. The maximum Gasteiger partial charge on any atom is 0.237 e. The molecule has 0 saturated carbocycles. The van der Waals surface area contributed by atoms with Crippen molar-refractivity contribution in [2.24, 2.45) is 17.4 Å². The number of rotatable bonds is 7. The van der Waals surface area contributed by atoms with Gasteiger partial charge < -0.3 is 16.8 Å². The topological polar surface area (TPSA) is 108 Å². The van der Waals surface area contributed by atoms with E-state index < -0.39 is 0 Å². The number of hydrogen-bond acceptors (Lipinski definition) is 4. The smallest absolute Gasteiger partial charge is 0.237 e. The van der Waals surface area contributed by atoms with Gasteiger partial charge in [0.2, 0.25) is 5.91 Å². The van der Waals surface area contributed by atoms with Gasteiger partial charge in [0.05, 0.1) is 6.04 Å². The van der Waals surface area contributed by atoms with Gasteiger partial charge in [0, 0.05) is 24.7 Å². The largest absolute Gasteiger partial charge is 0.384 e. The summed E-state index contributed by atoms with van der Waals surface area (Å²) in [6.45, 7) is 6.41. The molecule has 0 aromatic heterocycles. The summed E-state index contributed by atoms with van der Waals surface area (Å²) in [5.41, 5.74) is 13.3. The highest BCUT2D eigenvalue weighted by Crippen LogP contribution is 2.18. The Bertz CT molecular complexity index is 575. The molecule has 1 fully saturated rings. The molecule has 0 spiro atoms. The van der Waals surface area contributed by atoms with E-state index in [4.69, 9.17) is 16.9 Å². The van der Waals surface area contributed by atoms with Crippen molar-refractivity contribution in [3.63, 3.8) is 0 Å². The minimum Gasteiger partial charge on any atom is -0.384 e. The van der Waals surface area contributed by atoms with Crippen molar-refractivity contribution < 1.29 is 4.79 Å². The van der Waals surface area contributed by atoms with Gasteiger partial charge in [-0.15, -0.1) is 12.4 Å². The van der Waals surface area contributed by atoms with Gasteiger partial charge in [0.15, 0.2) is 0 Å². The Morgan fingerprint density at radius 2 is 2.00 bits per heavy atom. The molecule has 1 aliphatic rings. The number of carbonyl (C=O) groups excluding carboxylic acids is 1. The number of nitrogen functional groups attached to an aromatic ring is 1. The first-order valence-electron chi connectivity index (χ1n) is 8.59. The summed E-state index contributed by atoms with van der Waals surface area (Å²) in [6, 6.07) is 7.39. The Hall–Kier alpha value is -1.63. The molecule has 1 aromatic carbocycles. The number of carbonyl (C=O) groups is 1. The van der Waals surface area contributed by atoms with Crippen molar-refractivity contribution in [3.05, 3.63) is 35.4 Å². The van der Waals surface area contributed by atoms with Crippen LogP contribution >= 0.6 is 12.4 Å². The third-order valence-corrected chi connectivity index (χ3v) is 4.70. The predicted octanol–water partition coefficient (Wildman–Crippen LogP) is 1.46. The average molecular weight is 368 g/mol. The monoisotopic (exact) mass is 367 g/mol. The van der Waals surface area contributed by atoms with Crippen molar-refractivity contribution in [2.45, 2.75) is 45.3 Å². The van der Waals surface area contributed by atoms with Crippen LogP contribution in [-0.4, -0.2) is 41.8 Å². The van der Waals surface area contributed by atoms with Crippen molar-refractivity contribution in [1.29, 1.82) is 5.41 Å². The van der Waals surface area contributed by atoms with Gasteiger partial charge in [-0.1, -0.05) is 38.1 Å². The normalized spacial score (nSPS) is 18.6. The van der Waals surface area contributed by atoms with Gasteiger partial charge in [0.25, 0.3) is 0 Å². The Morgan fingerprint density at radius 3 is 2.56 bits per heavy atom. The SMILES string of the molecule is CC(C)[C@@H](N)CN1CCC[C@H]1C(=O)NCc1ccc(C(=N)N)cc1.Cl. The molecule has 6 nitrogen and oxygen atoms in total. The molecule has 1 amide bonds. The number of nitrogens with zero attached hydrogens (tertiary/aromatic N) is 1. The minimum atomic E-state index is -0.0775. The van der Waals surface area contributed by atoms with E-state index in [1.807, 2.05) is 12.1 Å². The molecule has 2 atom stereocenters. The van der Waals surface area contributed by atoms with Gasteiger partial charge in [0.1, 0.15) is 5.84 Å². The Labute approximate surface area is 156 Å². The predicted molar refractivity (Wildman–Crippen MR) is 104 cm³/mol. The molecule has 0 aliphatic carbocycles. The molecule has 140 valence electrons. The molecule has 0 bridgehead atoms. The highest BCUT2D eigenvalue weighted by atomic mass is 35.5. The van der Waals surface area contributed by atoms with Crippen molar-refractivity contribution in [1.82, 2.24) is 10.2 Å². The number of amidine groups is 1. The van der Waals surface area contributed by atoms with Crippen LogP contribution < -0.4 is 16.8 Å². The van der Waals surface area contributed by atoms with Crippen molar-refractivity contribution >= 4 is 24.1 Å². The van der Waals surface area contributed by atoms with E-state index in [0.717, 1.165) is 31.5 Å². The minimum absolute atomic E-state index is 0. The van der Waals surface area contributed by atoms with Crippen LogP contribution in [0.15, 0.2) is 24.3 Å². The molecule has 7 heteroatoms. The van der Waals surface area contributed by atoms with Gasteiger partial charge >= 0.3 is 0 Å². The molecule has 6 N–H and O–H groups in total. The third kappa shape index (κ3) is 5.99. The maximum atomic E-state index is 12.5. The van der Waals surface area contributed by atoms with Crippen LogP contribution in [0.1, 0.15) is 37.8 Å². The van der Waals surface area contributed by atoms with Gasteiger partial charge in [-0.05, 0) is 30.9 Å². The van der Waals surface area contributed by atoms with E-state index in [-0.39, 0.29) is 36.2 Å². The number of benzene rings is 1. The number of nitrogens with two attached hydrogens (primary N) is 2. The van der Waals surface area contributed by atoms with E-state index in [1.54, 1.807) is 12.1 Å². The van der Waals surface area contributed by atoms with Crippen LogP contribution in [0.2, 0.25) is 0 Å². The summed E-state index contributed by atoms with van der Waals surface area (Å²) >= 11 is 0. The van der Waals surface area contributed by atoms with E-state index in [9.17, 15) is 4.79 Å². The molecule has 1 heterocycles. The van der Waals surface area contributed by atoms with Crippen LogP contribution in [0.3, 0.4) is 0 Å². The maximum absolute atomic E-state index is 12.5. The highest BCUT2D eigenvalue weighted by molar-refractivity contribution is 5.94. The highest BCUT2D eigenvalue weighted by Gasteiger charge is 2.31. The summed E-state index contributed by atoms with van der Waals surface area (Å²) in [6.07, 6.45) is 1.93. The number of nitrogens with one attached hydrogen (secondary N) is 2. The van der Waals surface area contributed by atoms with Crippen LogP contribution in [0.4, 0.5) is 0 Å². The summed E-state index contributed by atoms with van der Waals surface area (Å²) in [4.78, 5) is 14.7. The van der Waals surface area contributed by atoms with E-state index in [1.165, 1.54) is 0 Å². The number of amides is 1. The van der Waals surface area contributed by atoms with E-state index in [2.05, 4.69) is 24.1 Å². The van der Waals surface area contributed by atoms with Crippen LogP contribution in [0.5, 0.6) is 0 Å². The second-order valence-corrected chi connectivity index (χ2v) is 6.89.